The van der Waals surface area contributed by atoms with E-state index in [9.17, 15) is 4.79 Å². The van der Waals surface area contributed by atoms with Crippen molar-refractivity contribution < 1.29 is 4.79 Å². The minimum Gasteiger partial charge on any atom is -0.399 e. The summed E-state index contributed by atoms with van der Waals surface area (Å²) in [6.07, 6.45) is 0. The van der Waals surface area contributed by atoms with E-state index in [4.69, 9.17) is 5.73 Å². The number of anilines is 1. The van der Waals surface area contributed by atoms with Gasteiger partial charge in [-0.3, -0.25) is 4.79 Å². The van der Waals surface area contributed by atoms with Gasteiger partial charge < -0.3 is 11.1 Å². The molecule has 1 atom stereocenters. The molecule has 1 aromatic rings. The van der Waals surface area contributed by atoms with E-state index in [-0.39, 0.29) is 11.4 Å². The Bertz CT molecular complexity index is 370. The van der Waals surface area contributed by atoms with Crippen molar-refractivity contribution in [1.29, 1.82) is 0 Å². The van der Waals surface area contributed by atoms with Crippen LogP contribution in [0.4, 0.5) is 5.69 Å². The molecule has 3 nitrogen and oxygen atoms in total. The lowest BCUT2D eigenvalue weighted by Gasteiger charge is -2.35. The Morgan fingerprint density at radius 3 is 2.19 bits per heavy atom. The van der Waals surface area contributed by atoms with Gasteiger partial charge in [0.2, 0.25) is 5.91 Å². The van der Waals surface area contributed by atoms with Gasteiger partial charge in [-0.05, 0) is 30.5 Å². The molecular weight excluding hydrogens is 200 g/mol. The predicted octanol–water partition coefficient (Wildman–Crippen LogP) is 2.28. The first-order valence-corrected chi connectivity index (χ1v) is 5.51. The van der Waals surface area contributed by atoms with Crippen molar-refractivity contribution in [3.8, 4) is 0 Å². The fourth-order valence-electron chi connectivity index (χ4n) is 1.74. The van der Waals surface area contributed by atoms with Crippen molar-refractivity contribution >= 4 is 11.6 Å². The lowest BCUT2D eigenvalue weighted by atomic mass is 9.81. The average Bonchev–Trinajstić information content (AvgIpc) is 2.17. The Morgan fingerprint density at radius 2 is 1.81 bits per heavy atom. The zero-order valence-electron chi connectivity index (χ0n) is 10.4. The van der Waals surface area contributed by atoms with Gasteiger partial charge in [-0.25, -0.2) is 0 Å². The quantitative estimate of drug-likeness (QED) is 0.768. The van der Waals surface area contributed by atoms with Crippen LogP contribution in [0.2, 0.25) is 0 Å². The summed E-state index contributed by atoms with van der Waals surface area (Å²) >= 11 is 0. The first-order valence-electron chi connectivity index (χ1n) is 5.51. The number of carbonyl (C=O) groups excluding carboxylic acids is 1. The largest absolute Gasteiger partial charge is 0.399 e. The summed E-state index contributed by atoms with van der Waals surface area (Å²) in [4.78, 5) is 11.3. The summed E-state index contributed by atoms with van der Waals surface area (Å²) in [5, 5.41) is 3.01. The van der Waals surface area contributed by atoms with E-state index in [1.807, 2.05) is 31.2 Å². The maximum Gasteiger partial charge on any atom is 0.217 e. The first kappa shape index (κ1) is 12.6. The molecule has 0 aromatic heterocycles. The van der Waals surface area contributed by atoms with Crippen LogP contribution in [0.3, 0.4) is 0 Å². The van der Waals surface area contributed by atoms with Crippen LogP contribution >= 0.6 is 0 Å². The molecule has 88 valence electrons. The minimum atomic E-state index is -0.348. The highest BCUT2D eigenvalue weighted by atomic mass is 16.1. The Balaban J connectivity index is 3.10. The van der Waals surface area contributed by atoms with E-state index in [0.29, 0.717) is 5.92 Å². The molecule has 1 rings (SSSR count). The molecule has 3 heteroatoms. The van der Waals surface area contributed by atoms with Gasteiger partial charge in [0.25, 0.3) is 0 Å². The highest BCUT2D eigenvalue weighted by molar-refractivity contribution is 5.74. The molecule has 1 unspecified atom stereocenters. The average molecular weight is 220 g/mol. The van der Waals surface area contributed by atoms with Crippen molar-refractivity contribution in [2.75, 3.05) is 5.73 Å². The third-order valence-electron chi connectivity index (χ3n) is 3.10. The Hall–Kier alpha value is -1.51. The van der Waals surface area contributed by atoms with E-state index < -0.39 is 0 Å². The third-order valence-corrected chi connectivity index (χ3v) is 3.10. The molecule has 0 aliphatic heterocycles. The zero-order valence-corrected chi connectivity index (χ0v) is 10.4. The summed E-state index contributed by atoms with van der Waals surface area (Å²) in [6.45, 7) is 7.75. The van der Waals surface area contributed by atoms with Crippen molar-refractivity contribution in [2.45, 2.75) is 33.2 Å². The van der Waals surface area contributed by atoms with Crippen molar-refractivity contribution in [1.82, 2.24) is 5.32 Å². The van der Waals surface area contributed by atoms with Gasteiger partial charge in [-0.1, -0.05) is 26.0 Å². The standard InChI is InChI=1S/C13H20N2O/c1-9(2)13(4,15-10(3)16)11-5-7-12(14)8-6-11/h5-9H,14H2,1-4H3,(H,15,16). The normalized spacial score (nSPS) is 14.6. The molecular formula is C13H20N2O. The number of nitrogens with one attached hydrogen (secondary N) is 1. The highest BCUT2D eigenvalue weighted by Crippen LogP contribution is 2.29. The maximum atomic E-state index is 11.3. The minimum absolute atomic E-state index is 0.0203. The van der Waals surface area contributed by atoms with Gasteiger partial charge in [-0.15, -0.1) is 0 Å². The number of rotatable bonds is 3. The number of hydrogen-bond acceptors (Lipinski definition) is 2. The fourth-order valence-corrected chi connectivity index (χ4v) is 1.74. The molecule has 0 bridgehead atoms. The van der Waals surface area contributed by atoms with Gasteiger partial charge in [0.1, 0.15) is 0 Å². The second-order valence-electron chi connectivity index (χ2n) is 4.66. The van der Waals surface area contributed by atoms with Crippen LogP contribution in [0, 0.1) is 5.92 Å². The van der Waals surface area contributed by atoms with Crippen molar-refractivity contribution in [3.63, 3.8) is 0 Å². The molecule has 16 heavy (non-hydrogen) atoms. The summed E-state index contributed by atoms with van der Waals surface area (Å²) < 4.78 is 0. The number of nitrogens with two attached hydrogens (primary N) is 1. The summed E-state index contributed by atoms with van der Waals surface area (Å²) in [7, 11) is 0. The molecule has 0 spiro atoms. The lowest BCUT2D eigenvalue weighted by molar-refractivity contribution is -0.121. The predicted molar refractivity (Wildman–Crippen MR) is 66.9 cm³/mol. The van der Waals surface area contributed by atoms with Crippen LogP contribution in [0.25, 0.3) is 0 Å². The number of nitrogen functional groups attached to an aromatic ring is 1. The third kappa shape index (κ3) is 2.54. The zero-order chi connectivity index (χ0) is 12.3. The van der Waals surface area contributed by atoms with Crippen LogP contribution in [0.1, 0.15) is 33.3 Å². The van der Waals surface area contributed by atoms with Crippen LogP contribution in [-0.2, 0) is 10.3 Å². The van der Waals surface area contributed by atoms with E-state index in [1.54, 1.807) is 0 Å². The lowest BCUT2D eigenvalue weighted by Crippen LogP contribution is -2.46. The molecule has 0 fully saturated rings. The summed E-state index contributed by atoms with van der Waals surface area (Å²) in [6, 6.07) is 7.64. The van der Waals surface area contributed by atoms with Gasteiger partial charge in [0.15, 0.2) is 0 Å². The second kappa shape index (κ2) is 4.56. The fraction of sp³-hybridized carbons (Fsp3) is 0.462. The SMILES string of the molecule is CC(=O)NC(C)(c1ccc(N)cc1)C(C)C. The van der Waals surface area contributed by atoms with E-state index in [1.165, 1.54) is 6.92 Å². The Labute approximate surface area is 97.0 Å². The molecule has 1 aromatic carbocycles. The topological polar surface area (TPSA) is 55.1 Å². The molecule has 0 heterocycles. The molecule has 1 amide bonds. The summed E-state index contributed by atoms with van der Waals surface area (Å²) in [5.41, 5.74) is 7.12. The van der Waals surface area contributed by atoms with Gasteiger partial charge >= 0.3 is 0 Å². The van der Waals surface area contributed by atoms with Crippen molar-refractivity contribution in [2.24, 2.45) is 5.92 Å². The maximum absolute atomic E-state index is 11.3. The first-order chi connectivity index (χ1) is 7.36. The number of amides is 1. The van der Waals surface area contributed by atoms with E-state index in [0.717, 1.165) is 11.3 Å². The van der Waals surface area contributed by atoms with Crippen LogP contribution in [-0.4, -0.2) is 5.91 Å². The van der Waals surface area contributed by atoms with Crippen molar-refractivity contribution in [3.05, 3.63) is 29.8 Å². The second-order valence-corrected chi connectivity index (χ2v) is 4.66. The van der Waals surface area contributed by atoms with E-state index >= 15 is 0 Å². The molecule has 0 saturated carbocycles. The Kier molecular flexibility index (Phi) is 3.58. The highest BCUT2D eigenvalue weighted by Gasteiger charge is 2.30. The van der Waals surface area contributed by atoms with Gasteiger partial charge in [0.05, 0.1) is 5.54 Å². The molecule has 0 saturated heterocycles. The molecule has 0 radical (unpaired) electrons. The van der Waals surface area contributed by atoms with Crippen LogP contribution in [0.15, 0.2) is 24.3 Å². The number of benzene rings is 1. The van der Waals surface area contributed by atoms with Gasteiger partial charge in [0, 0.05) is 12.6 Å². The van der Waals surface area contributed by atoms with E-state index in [2.05, 4.69) is 19.2 Å². The van der Waals surface area contributed by atoms with Gasteiger partial charge in [-0.2, -0.15) is 0 Å². The number of hydrogen-bond donors (Lipinski definition) is 2. The Morgan fingerprint density at radius 1 is 1.31 bits per heavy atom. The molecule has 0 aliphatic rings. The van der Waals surface area contributed by atoms with Crippen LogP contribution < -0.4 is 11.1 Å². The monoisotopic (exact) mass is 220 g/mol. The number of carbonyl (C=O) groups is 1. The van der Waals surface area contributed by atoms with Crippen LogP contribution in [0.5, 0.6) is 0 Å². The smallest absolute Gasteiger partial charge is 0.217 e. The molecule has 0 aliphatic carbocycles. The summed E-state index contributed by atoms with van der Waals surface area (Å²) in [5.74, 6) is 0.285. The molecule has 3 N–H and O–H groups in total.